The summed E-state index contributed by atoms with van der Waals surface area (Å²) >= 11 is 0. The van der Waals surface area contributed by atoms with Crippen molar-refractivity contribution in [3.8, 4) is 28.1 Å². The van der Waals surface area contributed by atoms with Crippen LogP contribution in [0.15, 0.2) is 114 Å². The maximum absolute atomic E-state index is 14.7. The highest BCUT2D eigenvalue weighted by Gasteiger charge is 2.47. The maximum atomic E-state index is 14.7. The molecule has 4 aliphatic rings. The number of alkyl carbamates (subject to hydrolysis) is 2. The minimum absolute atomic E-state index is 0.0570. The number of H-pyrrole nitrogens is 1. The van der Waals surface area contributed by atoms with Crippen LogP contribution >= 0.6 is 0 Å². The average molecular weight is 960 g/mol. The second-order valence-corrected chi connectivity index (χ2v) is 18.7. The van der Waals surface area contributed by atoms with Crippen molar-refractivity contribution in [3.63, 3.8) is 0 Å². The molecule has 1 aromatic heterocycles. The first kappa shape index (κ1) is 47.1. The number of imidazole rings is 1. The first-order valence-corrected chi connectivity index (χ1v) is 23.9. The maximum Gasteiger partial charge on any atom is 0.407 e. The molecular formula is C55H57N7O9. The molecule has 2 fully saturated rings. The van der Waals surface area contributed by atoms with Crippen LogP contribution in [0.3, 0.4) is 0 Å². The summed E-state index contributed by atoms with van der Waals surface area (Å²) in [6, 6.07) is 30.3. The van der Waals surface area contributed by atoms with Gasteiger partial charge in [0.2, 0.25) is 0 Å². The lowest BCUT2D eigenvalue weighted by atomic mass is 9.90. The SMILES string of the molecule is COC[C@H]1C[C@@H](c2ncc(-c3ccc4c(c3)COc3cc5c6c(ccc5cc3-4)N=C([C@@H]3C[C@H](COC)[C@H](C)N3C(=O)[C@H](NC(=O)OC)c3ccccc3)C6)[nH]2)N(C(=O)[C@H](NC(=O)OC)c2ccccc2)C1. The van der Waals surface area contributed by atoms with Gasteiger partial charge in [0.1, 0.15) is 30.3 Å². The Morgan fingerprint density at radius 1 is 0.775 bits per heavy atom. The lowest BCUT2D eigenvalue weighted by molar-refractivity contribution is -0.136. The molecule has 366 valence electrons. The normalized spacial score (nSPS) is 20.8. The Kier molecular flexibility index (Phi) is 13.3. The third kappa shape index (κ3) is 9.09. The van der Waals surface area contributed by atoms with Crippen LogP contribution < -0.4 is 15.4 Å². The second-order valence-electron chi connectivity index (χ2n) is 18.7. The number of aromatic nitrogens is 2. The van der Waals surface area contributed by atoms with Crippen LogP contribution in [0.5, 0.6) is 5.75 Å². The monoisotopic (exact) mass is 959 g/mol. The van der Waals surface area contributed by atoms with E-state index >= 15 is 0 Å². The van der Waals surface area contributed by atoms with Crippen molar-refractivity contribution in [3.05, 3.63) is 137 Å². The van der Waals surface area contributed by atoms with Gasteiger partial charge in [-0.05, 0) is 88.2 Å². The molecule has 0 spiro atoms. The molecule has 16 nitrogen and oxygen atoms in total. The number of aromatic amines is 1. The minimum atomic E-state index is -0.953. The lowest BCUT2D eigenvalue weighted by Crippen LogP contribution is -2.50. The predicted octanol–water partition coefficient (Wildman–Crippen LogP) is 8.40. The molecule has 5 heterocycles. The Balaban J connectivity index is 0.897. The van der Waals surface area contributed by atoms with Gasteiger partial charge in [0.05, 0.1) is 57.1 Å². The predicted molar refractivity (Wildman–Crippen MR) is 266 cm³/mol. The smallest absolute Gasteiger partial charge is 0.407 e. The summed E-state index contributed by atoms with van der Waals surface area (Å²) in [5, 5.41) is 7.62. The Morgan fingerprint density at radius 3 is 2.14 bits per heavy atom. The molecule has 0 unspecified atom stereocenters. The van der Waals surface area contributed by atoms with Crippen LogP contribution in [0.1, 0.15) is 66.0 Å². The van der Waals surface area contributed by atoms with Crippen molar-refractivity contribution in [1.82, 2.24) is 30.4 Å². The summed E-state index contributed by atoms with van der Waals surface area (Å²) < 4.78 is 27.6. The number of fused-ring (bicyclic) bond motifs is 6. The van der Waals surface area contributed by atoms with Gasteiger partial charge in [-0.3, -0.25) is 14.6 Å². The summed E-state index contributed by atoms with van der Waals surface area (Å²) in [5.41, 5.74) is 8.95. The second kappa shape index (κ2) is 20.0. The van der Waals surface area contributed by atoms with Crippen molar-refractivity contribution < 1.29 is 42.9 Å². The summed E-state index contributed by atoms with van der Waals surface area (Å²) in [6.07, 6.45) is 2.26. The molecule has 0 aliphatic carbocycles. The fourth-order valence-corrected chi connectivity index (χ4v) is 11.0. The van der Waals surface area contributed by atoms with Gasteiger partial charge in [0, 0.05) is 56.3 Å². The molecule has 6 aromatic rings. The quantitative estimate of drug-likeness (QED) is 0.102. The molecule has 10 rings (SSSR count). The van der Waals surface area contributed by atoms with Gasteiger partial charge in [-0.25, -0.2) is 14.6 Å². The van der Waals surface area contributed by atoms with Crippen LogP contribution in [0.4, 0.5) is 15.3 Å². The number of carbonyl (C=O) groups is 4. The zero-order valence-electron chi connectivity index (χ0n) is 40.3. The van der Waals surface area contributed by atoms with Gasteiger partial charge in [-0.2, -0.15) is 0 Å². The van der Waals surface area contributed by atoms with E-state index in [4.69, 9.17) is 33.7 Å². The van der Waals surface area contributed by atoms with E-state index in [2.05, 4.69) is 58.1 Å². The number of hydrogen-bond donors (Lipinski definition) is 3. The topological polar surface area (TPSA) is 186 Å². The first-order chi connectivity index (χ1) is 34.6. The Hall–Kier alpha value is -7.56. The number of ether oxygens (including phenoxy) is 5. The number of benzene rings is 5. The minimum Gasteiger partial charge on any atom is -0.488 e. The molecule has 71 heavy (non-hydrogen) atoms. The van der Waals surface area contributed by atoms with Gasteiger partial charge < -0.3 is 49.1 Å². The molecule has 0 radical (unpaired) electrons. The molecule has 4 amide bonds. The summed E-state index contributed by atoms with van der Waals surface area (Å²) in [6.45, 7) is 3.78. The fraction of sp³-hybridized carbons (Fsp3) is 0.345. The number of rotatable bonds is 13. The molecule has 0 saturated carbocycles. The molecule has 16 heteroatoms. The number of carbonyl (C=O) groups excluding carboxylic acids is 4. The van der Waals surface area contributed by atoms with Gasteiger partial charge >= 0.3 is 12.2 Å². The molecular weight excluding hydrogens is 903 g/mol. The number of nitrogens with one attached hydrogen (secondary N) is 3. The number of likely N-dealkylation sites (tertiary alicyclic amines) is 2. The molecule has 7 atom stereocenters. The number of methoxy groups -OCH3 is 4. The van der Waals surface area contributed by atoms with E-state index in [1.54, 1.807) is 25.3 Å². The van der Waals surface area contributed by atoms with Crippen LogP contribution in [0.25, 0.3) is 33.2 Å². The highest BCUT2D eigenvalue weighted by molar-refractivity contribution is 6.07. The van der Waals surface area contributed by atoms with E-state index in [1.165, 1.54) is 14.2 Å². The number of hydrogen-bond acceptors (Lipinski definition) is 11. The van der Waals surface area contributed by atoms with E-state index in [1.807, 2.05) is 72.5 Å². The van der Waals surface area contributed by atoms with Crippen LogP contribution in [0, 0.1) is 11.8 Å². The van der Waals surface area contributed by atoms with Crippen LogP contribution in [-0.4, -0.2) is 110 Å². The van der Waals surface area contributed by atoms with Gasteiger partial charge in [0.15, 0.2) is 0 Å². The molecule has 2 saturated heterocycles. The lowest BCUT2D eigenvalue weighted by Gasteiger charge is -2.33. The van der Waals surface area contributed by atoms with Crippen LogP contribution in [0.2, 0.25) is 0 Å². The van der Waals surface area contributed by atoms with Crippen molar-refractivity contribution in [2.75, 3.05) is 48.2 Å². The van der Waals surface area contributed by atoms with Crippen molar-refractivity contribution >= 4 is 46.2 Å². The molecule has 4 aliphatic heterocycles. The van der Waals surface area contributed by atoms with E-state index in [0.29, 0.717) is 62.6 Å². The summed E-state index contributed by atoms with van der Waals surface area (Å²) in [4.78, 5) is 71.4. The molecule has 0 bridgehead atoms. The van der Waals surface area contributed by atoms with Gasteiger partial charge in [0.25, 0.3) is 11.8 Å². The zero-order valence-corrected chi connectivity index (χ0v) is 40.3. The largest absolute Gasteiger partial charge is 0.488 e. The Bertz CT molecular complexity index is 3020. The number of amides is 4. The van der Waals surface area contributed by atoms with E-state index < -0.39 is 24.3 Å². The standard InChI is InChI=1S/C55H57N7O9/c1-31-37(29-68-3)23-46(62(31)53(64)50(60-55(66)70-5)34-14-10-7-11-15-34)44-24-41-40-25-48-42(22-35(40)17-19-43(41)57-44)39-18-16-36(21-38(39)30-71-48)45-26-56-51(58-45)47-20-32(28-67-2)27-61(47)52(63)49(59-54(65)69-4)33-12-8-6-9-13-33/h6-19,21-22,25-26,31-32,37,46-47,49-50H,20,23-24,27-30H2,1-5H3,(H,56,58)(H,59,65)(H,60,66)/t31-,32-,37+,46-,47-,49+,50+/m0/s1. The van der Waals surface area contributed by atoms with Gasteiger partial charge in [-0.1, -0.05) is 78.9 Å². The summed E-state index contributed by atoms with van der Waals surface area (Å²) in [5.74, 6) is 1.05. The third-order valence-corrected chi connectivity index (χ3v) is 14.6. The summed E-state index contributed by atoms with van der Waals surface area (Å²) in [7, 11) is 5.89. The molecule has 5 aromatic carbocycles. The fourth-order valence-electron chi connectivity index (χ4n) is 11.0. The van der Waals surface area contributed by atoms with Crippen molar-refractivity contribution in [2.45, 2.75) is 63.0 Å². The highest BCUT2D eigenvalue weighted by Crippen LogP contribution is 2.46. The third-order valence-electron chi connectivity index (χ3n) is 14.6. The van der Waals surface area contributed by atoms with E-state index in [9.17, 15) is 19.2 Å². The Morgan fingerprint density at radius 2 is 1.46 bits per heavy atom. The highest BCUT2D eigenvalue weighted by atomic mass is 16.5. The van der Waals surface area contributed by atoms with E-state index in [-0.39, 0.29) is 41.8 Å². The number of nitrogens with zero attached hydrogens (tertiary/aromatic N) is 4. The zero-order chi connectivity index (χ0) is 49.3. The average Bonchev–Trinajstić information content (AvgIpc) is 4.22. The van der Waals surface area contributed by atoms with Crippen LogP contribution in [-0.2, 0) is 41.6 Å². The first-order valence-electron chi connectivity index (χ1n) is 23.9. The van der Waals surface area contributed by atoms with Gasteiger partial charge in [-0.15, -0.1) is 0 Å². The van der Waals surface area contributed by atoms with Crippen molar-refractivity contribution in [2.24, 2.45) is 16.8 Å². The number of aliphatic imine (C=N–C) groups is 1. The van der Waals surface area contributed by atoms with E-state index in [0.717, 1.165) is 61.4 Å². The molecule has 3 N–H and O–H groups in total. The van der Waals surface area contributed by atoms with Crippen molar-refractivity contribution in [1.29, 1.82) is 0 Å². The Labute approximate surface area is 411 Å².